The summed E-state index contributed by atoms with van der Waals surface area (Å²) >= 11 is 0. The number of carbonyl (C=O) groups is 1. The Balaban J connectivity index is 1.80. The van der Waals surface area contributed by atoms with Gasteiger partial charge < -0.3 is 19.5 Å². The number of amides is 1. The lowest BCUT2D eigenvalue weighted by atomic mass is 10.1. The highest BCUT2D eigenvalue weighted by molar-refractivity contribution is 5.93. The molecule has 0 aromatic heterocycles. The lowest BCUT2D eigenvalue weighted by molar-refractivity contribution is -0.118. The molecule has 0 saturated carbocycles. The molecule has 1 aliphatic heterocycles. The second-order valence-corrected chi connectivity index (χ2v) is 5.74. The van der Waals surface area contributed by atoms with E-state index in [1.54, 1.807) is 0 Å². The van der Waals surface area contributed by atoms with Crippen molar-refractivity contribution < 1.29 is 19.0 Å². The first-order valence-electron chi connectivity index (χ1n) is 8.54. The zero-order chi connectivity index (χ0) is 17.2. The summed E-state index contributed by atoms with van der Waals surface area (Å²) in [6, 6.07) is 8.06. The van der Waals surface area contributed by atoms with Gasteiger partial charge in [-0.2, -0.15) is 0 Å². The van der Waals surface area contributed by atoms with Crippen LogP contribution in [0.15, 0.2) is 35.6 Å². The zero-order valence-corrected chi connectivity index (χ0v) is 14.6. The van der Waals surface area contributed by atoms with Crippen LogP contribution >= 0.6 is 0 Å². The molecule has 0 fully saturated rings. The van der Waals surface area contributed by atoms with Crippen molar-refractivity contribution in [1.29, 1.82) is 0 Å². The Kier molecular flexibility index (Phi) is 7.79. The maximum absolute atomic E-state index is 12.3. The van der Waals surface area contributed by atoms with E-state index in [9.17, 15) is 4.79 Å². The van der Waals surface area contributed by atoms with Crippen LogP contribution in [-0.4, -0.2) is 32.3 Å². The molecular formula is C19H27NO4. The topological polar surface area (TPSA) is 56.8 Å². The quantitative estimate of drug-likeness (QED) is 0.706. The molecule has 5 nitrogen and oxygen atoms in total. The minimum Gasteiger partial charge on any atom is -0.498 e. The average Bonchev–Trinajstić information content (AvgIpc) is 2.60. The molecule has 1 heterocycles. The van der Waals surface area contributed by atoms with Crippen LogP contribution in [0, 0.1) is 0 Å². The van der Waals surface area contributed by atoms with Gasteiger partial charge in [-0.25, -0.2) is 0 Å². The molecule has 0 aliphatic carbocycles. The van der Waals surface area contributed by atoms with Crippen molar-refractivity contribution in [2.75, 3.05) is 26.4 Å². The number of nitrogens with one attached hydrogen (secondary N) is 1. The fourth-order valence-electron chi connectivity index (χ4n) is 2.58. The minimum absolute atomic E-state index is 0.0365. The molecule has 1 amide bonds. The third kappa shape index (κ3) is 5.98. The van der Waals surface area contributed by atoms with Gasteiger partial charge in [-0.1, -0.05) is 24.3 Å². The number of hydrogen-bond acceptors (Lipinski definition) is 4. The lowest BCUT2D eigenvalue weighted by Crippen LogP contribution is -2.27. The Labute approximate surface area is 144 Å². The summed E-state index contributed by atoms with van der Waals surface area (Å²) in [6.45, 7) is 7.48. The van der Waals surface area contributed by atoms with Crippen LogP contribution in [0.5, 0.6) is 0 Å². The van der Waals surface area contributed by atoms with Crippen LogP contribution in [0.2, 0.25) is 0 Å². The van der Waals surface area contributed by atoms with Crippen molar-refractivity contribution in [1.82, 2.24) is 5.32 Å². The summed E-state index contributed by atoms with van der Waals surface area (Å²) in [6.07, 6.45) is 1.68. The number of ether oxygens (including phenoxy) is 3. The fourth-order valence-corrected chi connectivity index (χ4v) is 2.58. The van der Waals surface area contributed by atoms with Crippen LogP contribution in [0.25, 0.3) is 0 Å². The summed E-state index contributed by atoms with van der Waals surface area (Å²) in [7, 11) is 0. The summed E-state index contributed by atoms with van der Waals surface area (Å²) in [5, 5.41) is 2.97. The van der Waals surface area contributed by atoms with Gasteiger partial charge in [0, 0.05) is 13.2 Å². The Morgan fingerprint density at radius 2 is 2.04 bits per heavy atom. The highest BCUT2D eigenvalue weighted by Crippen LogP contribution is 2.18. The van der Waals surface area contributed by atoms with Gasteiger partial charge in [-0.15, -0.1) is 0 Å². The smallest absolute Gasteiger partial charge is 0.250 e. The van der Waals surface area contributed by atoms with Gasteiger partial charge in [0.15, 0.2) is 0 Å². The van der Waals surface area contributed by atoms with E-state index in [1.807, 2.05) is 32.0 Å². The van der Waals surface area contributed by atoms with Gasteiger partial charge in [0.25, 0.3) is 5.91 Å². The maximum atomic E-state index is 12.3. The first-order valence-corrected chi connectivity index (χ1v) is 8.54. The van der Waals surface area contributed by atoms with Crippen molar-refractivity contribution >= 4 is 5.91 Å². The first kappa shape index (κ1) is 18.5. The second kappa shape index (κ2) is 10.1. The number of hydrogen-bond donors (Lipinski definition) is 1. The number of benzene rings is 1. The SMILES string of the molecule is CCOCCOCc1cccc(CNC(=O)C2=C(C)OCCC2)c1. The minimum atomic E-state index is -0.0365. The monoisotopic (exact) mass is 333 g/mol. The predicted molar refractivity (Wildman–Crippen MR) is 92.3 cm³/mol. The molecule has 0 atom stereocenters. The molecule has 0 spiro atoms. The van der Waals surface area contributed by atoms with E-state index in [2.05, 4.69) is 11.4 Å². The van der Waals surface area contributed by atoms with Crippen molar-refractivity contribution in [2.45, 2.75) is 39.8 Å². The van der Waals surface area contributed by atoms with Crippen molar-refractivity contribution in [2.24, 2.45) is 0 Å². The molecule has 5 heteroatoms. The highest BCUT2D eigenvalue weighted by Gasteiger charge is 2.17. The molecule has 0 bridgehead atoms. The van der Waals surface area contributed by atoms with E-state index >= 15 is 0 Å². The van der Waals surface area contributed by atoms with Gasteiger partial charge >= 0.3 is 0 Å². The zero-order valence-electron chi connectivity index (χ0n) is 14.6. The molecule has 0 radical (unpaired) electrons. The molecule has 132 valence electrons. The highest BCUT2D eigenvalue weighted by atomic mass is 16.5. The van der Waals surface area contributed by atoms with E-state index < -0.39 is 0 Å². The molecule has 1 aromatic carbocycles. The van der Waals surface area contributed by atoms with Crippen LogP contribution < -0.4 is 5.32 Å². The Morgan fingerprint density at radius 1 is 1.25 bits per heavy atom. The van der Waals surface area contributed by atoms with E-state index in [4.69, 9.17) is 14.2 Å². The number of allylic oxidation sites excluding steroid dienone is 1. The second-order valence-electron chi connectivity index (χ2n) is 5.74. The molecule has 0 saturated heterocycles. The molecule has 24 heavy (non-hydrogen) atoms. The van der Waals surface area contributed by atoms with Gasteiger partial charge in [0.1, 0.15) is 5.76 Å². The molecule has 1 aromatic rings. The Hall–Kier alpha value is -1.85. The van der Waals surface area contributed by atoms with Gasteiger partial charge in [0.2, 0.25) is 0 Å². The normalized spacial score (nSPS) is 14.4. The average molecular weight is 333 g/mol. The third-order valence-corrected chi connectivity index (χ3v) is 3.88. The largest absolute Gasteiger partial charge is 0.498 e. The van der Waals surface area contributed by atoms with Gasteiger partial charge in [0.05, 0.1) is 32.0 Å². The molecule has 1 aliphatic rings. The molecule has 2 rings (SSSR count). The van der Waals surface area contributed by atoms with Crippen LogP contribution in [0.4, 0.5) is 0 Å². The van der Waals surface area contributed by atoms with E-state index in [-0.39, 0.29) is 5.91 Å². The summed E-state index contributed by atoms with van der Waals surface area (Å²) < 4.78 is 16.3. The fraction of sp³-hybridized carbons (Fsp3) is 0.526. The van der Waals surface area contributed by atoms with E-state index in [0.29, 0.717) is 39.6 Å². The molecular weight excluding hydrogens is 306 g/mol. The maximum Gasteiger partial charge on any atom is 0.250 e. The Bertz CT molecular complexity index is 568. The number of carbonyl (C=O) groups excluding carboxylic acids is 1. The van der Waals surface area contributed by atoms with Gasteiger partial charge in [-0.3, -0.25) is 4.79 Å². The lowest BCUT2D eigenvalue weighted by Gasteiger charge is -2.18. The van der Waals surface area contributed by atoms with Crippen LogP contribution in [0.1, 0.15) is 37.8 Å². The summed E-state index contributed by atoms with van der Waals surface area (Å²) in [4.78, 5) is 12.3. The molecule has 0 unspecified atom stereocenters. The summed E-state index contributed by atoms with van der Waals surface area (Å²) in [5.74, 6) is 0.709. The van der Waals surface area contributed by atoms with E-state index in [0.717, 1.165) is 35.3 Å². The standard InChI is InChI=1S/C19H27NO4/c1-3-22-10-11-23-14-17-7-4-6-16(12-17)13-20-19(21)18-8-5-9-24-15(18)2/h4,6-7,12H,3,5,8-11,13-14H2,1-2H3,(H,20,21). The molecule has 1 N–H and O–H groups in total. The first-order chi connectivity index (χ1) is 11.7. The van der Waals surface area contributed by atoms with Crippen LogP contribution in [-0.2, 0) is 32.2 Å². The number of rotatable bonds is 9. The van der Waals surface area contributed by atoms with Crippen LogP contribution in [0.3, 0.4) is 0 Å². The van der Waals surface area contributed by atoms with Crippen molar-refractivity contribution in [3.63, 3.8) is 0 Å². The van der Waals surface area contributed by atoms with Gasteiger partial charge in [-0.05, 0) is 37.8 Å². The third-order valence-electron chi connectivity index (χ3n) is 3.88. The Morgan fingerprint density at radius 3 is 2.83 bits per heavy atom. The van der Waals surface area contributed by atoms with E-state index in [1.165, 1.54) is 0 Å². The van der Waals surface area contributed by atoms with Crippen molar-refractivity contribution in [3.05, 3.63) is 46.7 Å². The summed E-state index contributed by atoms with van der Waals surface area (Å²) in [5.41, 5.74) is 2.91. The van der Waals surface area contributed by atoms with Crippen molar-refractivity contribution in [3.8, 4) is 0 Å². The predicted octanol–water partition coefficient (Wildman–Crippen LogP) is 2.94.